The van der Waals surface area contributed by atoms with Crippen molar-refractivity contribution < 1.29 is 28.6 Å². The minimum atomic E-state index is -0.314. The molecule has 0 fully saturated rings. The molecule has 0 saturated carbocycles. The normalized spacial score (nSPS) is 14.0. The average molecular weight is 378 g/mol. The van der Waals surface area contributed by atoms with Crippen LogP contribution in [0.3, 0.4) is 0 Å². The van der Waals surface area contributed by atoms with E-state index in [-0.39, 0.29) is 36.2 Å². The van der Waals surface area contributed by atoms with Crippen LogP contribution in [-0.2, 0) is 47.9 Å². The molecule has 0 aliphatic carbocycles. The molecule has 0 radical (unpaired) electrons. The van der Waals surface area contributed by atoms with E-state index in [9.17, 15) is 14.4 Å². The van der Waals surface area contributed by atoms with Gasteiger partial charge in [0.2, 0.25) is 0 Å². The van der Waals surface area contributed by atoms with Crippen LogP contribution < -0.4 is 0 Å². The van der Waals surface area contributed by atoms with Crippen molar-refractivity contribution in [3.8, 4) is 0 Å². The second-order valence-corrected chi connectivity index (χ2v) is 7.03. The third-order valence-corrected chi connectivity index (χ3v) is 3.78. The van der Waals surface area contributed by atoms with Crippen LogP contribution in [0.2, 0.25) is 0 Å². The first-order valence-electron chi connectivity index (χ1n) is 9.18. The Labute approximate surface area is 161 Å². The van der Waals surface area contributed by atoms with E-state index in [0.29, 0.717) is 19.3 Å². The van der Waals surface area contributed by atoms with Crippen LogP contribution in [-0.4, -0.2) is 36.2 Å². The van der Waals surface area contributed by atoms with Gasteiger partial charge >= 0.3 is 17.9 Å². The highest BCUT2D eigenvalue weighted by Crippen LogP contribution is 2.18. The zero-order chi connectivity index (χ0) is 20.6. The van der Waals surface area contributed by atoms with Gasteiger partial charge in [-0.05, 0) is 37.5 Å². The Kier molecular flexibility index (Phi) is 8.98. The Balaban J connectivity index is 3.00. The minimum Gasteiger partial charge on any atom is -0.463 e. The molecule has 0 N–H and O–H groups in total. The molecule has 0 aliphatic heterocycles. The van der Waals surface area contributed by atoms with Crippen molar-refractivity contribution in [3.63, 3.8) is 0 Å². The fourth-order valence-corrected chi connectivity index (χ4v) is 3.16. The third-order valence-electron chi connectivity index (χ3n) is 3.78. The highest BCUT2D eigenvalue weighted by Gasteiger charge is 2.14. The van der Waals surface area contributed by atoms with Crippen LogP contribution in [0.25, 0.3) is 0 Å². The molecule has 27 heavy (non-hydrogen) atoms. The molecular weight excluding hydrogens is 348 g/mol. The minimum absolute atomic E-state index is 0.248. The SMILES string of the molecule is CC(=O)OC(C)Cc1cc(CC(C)OC(C)=O)cc(CC(C)OC(C)=O)c1. The Hall–Kier alpha value is -2.37. The molecule has 0 heterocycles. The van der Waals surface area contributed by atoms with Crippen molar-refractivity contribution in [3.05, 3.63) is 34.9 Å². The van der Waals surface area contributed by atoms with Crippen LogP contribution in [0.4, 0.5) is 0 Å². The van der Waals surface area contributed by atoms with E-state index in [1.54, 1.807) is 0 Å². The number of esters is 3. The fourth-order valence-electron chi connectivity index (χ4n) is 3.16. The zero-order valence-corrected chi connectivity index (χ0v) is 17.0. The van der Waals surface area contributed by atoms with Crippen molar-refractivity contribution in [1.29, 1.82) is 0 Å². The van der Waals surface area contributed by atoms with Gasteiger partial charge in [0, 0.05) is 40.0 Å². The number of rotatable bonds is 9. The molecule has 0 amide bonds. The first-order valence-corrected chi connectivity index (χ1v) is 9.18. The number of benzene rings is 1. The average Bonchev–Trinajstić information content (AvgIpc) is 2.43. The summed E-state index contributed by atoms with van der Waals surface area (Å²) in [5, 5.41) is 0. The van der Waals surface area contributed by atoms with E-state index in [2.05, 4.69) is 0 Å². The lowest BCUT2D eigenvalue weighted by atomic mass is 9.96. The first-order chi connectivity index (χ1) is 12.5. The van der Waals surface area contributed by atoms with Crippen LogP contribution in [0.15, 0.2) is 18.2 Å². The molecular formula is C21H30O6. The van der Waals surface area contributed by atoms with Gasteiger partial charge in [0.1, 0.15) is 18.3 Å². The molecule has 6 heteroatoms. The first kappa shape index (κ1) is 22.7. The lowest BCUT2D eigenvalue weighted by Crippen LogP contribution is -2.18. The summed E-state index contributed by atoms with van der Waals surface area (Å²) in [5.41, 5.74) is 3.05. The van der Waals surface area contributed by atoms with E-state index in [4.69, 9.17) is 14.2 Å². The van der Waals surface area contributed by atoms with Crippen molar-refractivity contribution >= 4 is 17.9 Å². The van der Waals surface area contributed by atoms with Crippen LogP contribution in [0.5, 0.6) is 0 Å². The van der Waals surface area contributed by atoms with Gasteiger partial charge in [-0.25, -0.2) is 0 Å². The molecule has 1 rings (SSSR count). The number of carbonyl (C=O) groups is 3. The van der Waals surface area contributed by atoms with E-state index in [1.165, 1.54) is 20.8 Å². The molecule has 1 aromatic rings. The molecule has 1 aromatic carbocycles. The maximum absolute atomic E-state index is 11.2. The largest absolute Gasteiger partial charge is 0.463 e. The molecule has 0 saturated heterocycles. The van der Waals surface area contributed by atoms with Crippen molar-refractivity contribution in [1.82, 2.24) is 0 Å². The Bertz CT molecular complexity index is 564. The van der Waals surface area contributed by atoms with E-state index < -0.39 is 0 Å². The van der Waals surface area contributed by atoms with Gasteiger partial charge in [0.25, 0.3) is 0 Å². The maximum atomic E-state index is 11.2. The summed E-state index contributed by atoms with van der Waals surface area (Å²) in [6.45, 7) is 9.70. The summed E-state index contributed by atoms with van der Waals surface area (Å²) in [6.07, 6.45) is 0.978. The highest BCUT2D eigenvalue weighted by atomic mass is 16.5. The molecule has 3 unspecified atom stereocenters. The van der Waals surface area contributed by atoms with Crippen molar-refractivity contribution in [2.45, 2.75) is 79.1 Å². The maximum Gasteiger partial charge on any atom is 0.302 e. The summed E-state index contributed by atoms with van der Waals surface area (Å²) in [4.78, 5) is 33.5. The van der Waals surface area contributed by atoms with Gasteiger partial charge in [0.05, 0.1) is 0 Å². The van der Waals surface area contributed by atoms with Crippen molar-refractivity contribution in [2.75, 3.05) is 0 Å². The van der Waals surface area contributed by atoms with Crippen LogP contribution >= 0.6 is 0 Å². The fraction of sp³-hybridized carbons (Fsp3) is 0.571. The van der Waals surface area contributed by atoms with Gasteiger partial charge in [-0.3, -0.25) is 14.4 Å². The van der Waals surface area contributed by atoms with E-state index >= 15 is 0 Å². The summed E-state index contributed by atoms with van der Waals surface area (Å²) >= 11 is 0. The Morgan fingerprint density at radius 3 is 1.04 bits per heavy atom. The number of ether oxygens (including phenoxy) is 3. The predicted molar refractivity (Wildman–Crippen MR) is 101 cm³/mol. The van der Waals surface area contributed by atoms with Crippen LogP contribution in [0.1, 0.15) is 58.2 Å². The number of hydrogen-bond donors (Lipinski definition) is 0. The number of hydrogen-bond acceptors (Lipinski definition) is 6. The second-order valence-electron chi connectivity index (χ2n) is 7.03. The molecule has 0 bridgehead atoms. The van der Waals surface area contributed by atoms with Gasteiger partial charge < -0.3 is 14.2 Å². The van der Waals surface area contributed by atoms with Gasteiger partial charge in [-0.15, -0.1) is 0 Å². The van der Waals surface area contributed by atoms with Crippen LogP contribution in [0, 0.1) is 0 Å². The molecule has 0 aliphatic rings. The molecule has 3 atom stereocenters. The summed E-state index contributed by atoms with van der Waals surface area (Å²) in [5.74, 6) is -0.942. The predicted octanol–water partition coefficient (Wildman–Crippen LogP) is 3.17. The van der Waals surface area contributed by atoms with Gasteiger partial charge in [-0.2, -0.15) is 0 Å². The second kappa shape index (κ2) is 10.7. The highest BCUT2D eigenvalue weighted by molar-refractivity contribution is 5.66. The van der Waals surface area contributed by atoms with Gasteiger partial charge in [0.15, 0.2) is 0 Å². The lowest BCUT2D eigenvalue weighted by molar-refractivity contribution is -0.146. The third kappa shape index (κ3) is 9.78. The lowest BCUT2D eigenvalue weighted by Gasteiger charge is -2.18. The van der Waals surface area contributed by atoms with E-state index in [0.717, 1.165) is 16.7 Å². The number of carbonyl (C=O) groups excluding carboxylic acids is 3. The quantitative estimate of drug-likeness (QED) is 0.485. The topological polar surface area (TPSA) is 78.9 Å². The summed E-state index contributed by atoms with van der Waals surface area (Å²) in [6, 6.07) is 6.08. The molecule has 0 aromatic heterocycles. The Morgan fingerprint density at radius 1 is 0.630 bits per heavy atom. The smallest absolute Gasteiger partial charge is 0.302 e. The monoisotopic (exact) mass is 378 g/mol. The molecule has 150 valence electrons. The van der Waals surface area contributed by atoms with E-state index in [1.807, 2.05) is 39.0 Å². The molecule has 0 spiro atoms. The Morgan fingerprint density at radius 2 is 0.852 bits per heavy atom. The standard InChI is InChI=1S/C21H30O6/c1-13(25-16(4)22)7-19-10-20(8-14(2)26-17(5)23)12-21(11-19)9-15(3)27-18(6)24/h10-15H,7-9H2,1-6H3. The zero-order valence-electron chi connectivity index (χ0n) is 17.0. The molecule has 6 nitrogen and oxygen atoms in total. The summed E-state index contributed by atoms with van der Waals surface area (Å²) < 4.78 is 15.7. The van der Waals surface area contributed by atoms with Crippen molar-refractivity contribution in [2.24, 2.45) is 0 Å². The summed E-state index contributed by atoms with van der Waals surface area (Å²) in [7, 11) is 0. The van der Waals surface area contributed by atoms with Gasteiger partial charge in [-0.1, -0.05) is 18.2 Å².